The van der Waals surface area contributed by atoms with Crippen molar-refractivity contribution < 1.29 is 62.2 Å². The van der Waals surface area contributed by atoms with Gasteiger partial charge in [0.15, 0.2) is 18.3 Å². The predicted octanol–water partition coefficient (Wildman–Crippen LogP) is 0.0373. The summed E-state index contributed by atoms with van der Waals surface area (Å²) in [6, 6.07) is 4.06. The summed E-state index contributed by atoms with van der Waals surface area (Å²) in [5.74, 6) is -4.51. The number of benzene rings is 1. The highest BCUT2D eigenvalue weighted by Gasteiger charge is 2.56. The Morgan fingerprint density at radius 1 is 0.857 bits per heavy atom. The van der Waals surface area contributed by atoms with Crippen molar-refractivity contribution in [2.45, 2.75) is 58.1 Å². The molecule has 0 aliphatic carbocycles. The average Bonchev–Trinajstić information content (AvgIpc) is 2.80. The number of aliphatic hydroxyl groups is 1. The number of hydrogen-bond acceptors (Lipinski definition) is 13. The minimum absolute atomic E-state index is 0.120. The van der Waals surface area contributed by atoms with Crippen molar-refractivity contribution in [3.8, 4) is 5.75 Å². The normalized spacial score (nSPS) is 23.4. The van der Waals surface area contributed by atoms with Crippen molar-refractivity contribution >= 4 is 29.8 Å². The zero-order chi connectivity index (χ0) is 26.3. The Balaban J connectivity index is 2.60. The van der Waals surface area contributed by atoms with Crippen LogP contribution in [-0.2, 0) is 54.2 Å². The molecule has 1 N–H and O–H groups in total. The van der Waals surface area contributed by atoms with Crippen LogP contribution in [0.5, 0.6) is 5.75 Å². The number of rotatable bonds is 8. The van der Waals surface area contributed by atoms with Crippen LogP contribution in [0.25, 0.3) is 0 Å². The fourth-order valence-electron chi connectivity index (χ4n) is 3.35. The number of ether oxygens (including phenoxy) is 7. The first-order valence-corrected chi connectivity index (χ1v) is 10.3. The lowest BCUT2D eigenvalue weighted by atomic mass is 9.97. The van der Waals surface area contributed by atoms with Crippen molar-refractivity contribution in [3.05, 3.63) is 29.3 Å². The molecule has 1 saturated heterocycles. The van der Waals surface area contributed by atoms with Gasteiger partial charge in [-0.1, -0.05) is 6.07 Å². The Morgan fingerprint density at radius 3 is 1.94 bits per heavy atom. The zero-order valence-corrected chi connectivity index (χ0v) is 19.7. The van der Waals surface area contributed by atoms with Gasteiger partial charge in [-0.25, -0.2) is 9.59 Å². The molecule has 2 rings (SSSR count). The molecule has 0 aromatic heterocycles. The molecule has 1 fully saturated rings. The first kappa shape index (κ1) is 27.5. The van der Waals surface area contributed by atoms with Crippen molar-refractivity contribution in [1.82, 2.24) is 0 Å². The van der Waals surface area contributed by atoms with Gasteiger partial charge < -0.3 is 38.3 Å². The number of aliphatic hydroxyl groups excluding tert-OH is 1. The maximum Gasteiger partial charge on any atom is 0.341 e. The SMILES string of the molecule is COC(=O)c1cc(CO)ccc1O[C@@H]1OC(C(=O)OC)[C@H](OC(C)=O)[C@H](OC(C)=O)[C@@H]1OC(C)=O. The van der Waals surface area contributed by atoms with E-state index in [1.54, 1.807) is 0 Å². The first-order chi connectivity index (χ1) is 16.5. The Labute approximate surface area is 200 Å². The van der Waals surface area contributed by atoms with Gasteiger partial charge in [-0.2, -0.15) is 0 Å². The molecule has 35 heavy (non-hydrogen) atoms. The van der Waals surface area contributed by atoms with E-state index in [0.29, 0.717) is 5.56 Å². The van der Waals surface area contributed by atoms with Crippen LogP contribution in [0.3, 0.4) is 0 Å². The van der Waals surface area contributed by atoms with Gasteiger partial charge in [0, 0.05) is 20.8 Å². The van der Waals surface area contributed by atoms with Gasteiger partial charge >= 0.3 is 29.8 Å². The minimum atomic E-state index is -1.66. The highest BCUT2D eigenvalue weighted by Crippen LogP contribution is 2.32. The van der Waals surface area contributed by atoms with E-state index in [0.717, 1.165) is 35.0 Å². The molecule has 0 bridgehead atoms. The van der Waals surface area contributed by atoms with E-state index in [-0.39, 0.29) is 17.9 Å². The second kappa shape index (κ2) is 12.1. The molecule has 5 atom stereocenters. The van der Waals surface area contributed by atoms with Crippen LogP contribution in [0.4, 0.5) is 0 Å². The van der Waals surface area contributed by atoms with Gasteiger partial charge in [0.1, 0.15) is 11.3 Å². The molecule has 0 radical (unpaired) electrons. The number of carbonyl (C=O) groups excluding carboxylic acids is 5. The maximum atomic E-state index is 12.5. The van der Waals surface area contributed by atoms with Gasteiger partial charge in [0.2, 0.25) is 12.4 Å². The highest BCUT2D eigenvalue weighted by molar-refractivity contribution is 5.92. The number of methoxy groups -OCH3 is 2. The molecular formula is C22H26O13. The van der Waals surface area contributed by atoms with Crippen molar-refractivity contribution in [2.75, 3.05) is 14.2 Å². The summed E-state index contributed by atoms with van der Waals surface area (Å²) in [7, 11) is 2.18. The smallest absolute Gasteiger partial charge is 0.341 e. The molecule has 13 heteroatoms. The number of hydrogen-bond donors (Lipinski definition) is 1. The van der Waals surface area contributed by atoms with Crippen LogP contribution in [0.1, 0.15) is 36.7 Å². The van der Waals surface area contributed by atoms with E-state index in [1.165, 1.54) is 18.2 Å². The van der Waals surface area contributed by atoms with Crippen LogP contribution >= 0.6 is 0 Å². The van der Waals surface area contributed by atoms with Crippen molar-refractivity contribution in [1.29, 1.82) is 0 Å². The summed E-state index contributed by atoms with van der Waals surface area (Å²) in [5.41, 5.74) is 0.240. The fourth-order valence-corrected chi connectivity index (χ4v) is 3.35. The van der Waals surface area contributed by atoms with Crippen molar-refractivity contribution in [2.24, 2.45) is 0 Å². The lowest BCUT2D eigenvalue weighted by molar-refractivity contribution is -0.282. The van der Waals surface area contributed by atoms with Gasteiger partial charge in [0.05, 0.1) is 20.8 Å². The van der Waals surface area contributed by atoms with Crippen LogP contribution in [0, 0.1) is 0 Å². The van der Waals surface area contributed by atoms with E-state index >= 15 is 0 Å². The molecule has 13 nitrogen and oxygen atoms in total. The molecule has 1 unspecified atom stereocenters. The molecule has 1 heterocycles. The second-order valence-electron chi connectivity index (χ2n) is 7.27. The van der Waals surface area contributed by atoms with Crippen molar-refractivity contribution in [3.63, 3.8) is 0 Å². The van der Waals surface area contributed by atoms with E-state index in [2.05, 4.69) is 0 Å². The van der Waals surface area contributed by atoms with E-state index in [9.17, 15) is 29.1 Å². The van der Waals surface area contributed by atoms with E-state index in [1.807, 2.05) is 0 Å². The monoisotopic (exact) mass is 498 g/mol. The molecule has 0 spiro atoms. The molecule has 1 aliphatic rings. The fraction of sp³-hybridized carbons (Fsp3) is 0.500. The van der Waals surface area contributed by atoms with Crippen LogP contribution in [0.2, 0.25) is 0 Å². The molecule has 1 aromatic rings. The summed E-state index contributed by atoms with van der Waals surface area (Å²) < 4.78 is 36.6. The largest absolute Gasteiger partial charge is 0.467 e. The van der Waals surface area contributed by atoms with Gasteiger partial charge in [-0.15, -0.1) is 0 Å². The topological polar surface area (TPSA) is 170 Å². The first-order valence-electron chi connectivity index (χ1n) is 10.3. The molecular weight excluding hydrogens is 472 g/mol. The number of esters is 5. The zero-order valence-electron chi connectivity index (χ0n) is 19.7. The van der Waals surface area contributed by atoms with E-state index in [4.69, 9.17) is 33.2 Å². The molecule has 192 valence electrons. The summed E-state index contributed by atoms with van der Waals surface area (Å²) in [5, 5.41) is 9.40. The van der Waals surface area contributed by atoms with Crippen LogP contribution < -0.4 is 4.74 Å². The summed E-state index contributed by atoms with van der Waals surface area (Å²) in [4.78, 5) is 60.2. The Bertz CT molecular complexity index is 972. The third-order valence-corrected chi connectivity index (χ3v) is 4.71. The third-order valence-electron chi connectivity index (χ3n) is 4.71. The third kappa shape index (κ3) is 6.90. The summed E-state index contributed by atoms with van der Waals surface area (Å²) in [6.45, 7) is 2.78. The summed E-state index contributed by atoms with van der Waals surface area (Å²) in [6.07, 6.45) is -7.98. The standard InChI is InChI=1S/C22H26O13/c1-10(24)31-16-17(32-11(2)25)19(33-12(3)26)22(35-18(16)21(28)30-5)34-15-7-6-13(9-23)8-14(15)20(27)29-4/h6-8,16-19,22-23H,9H2,1-5H3/t16-,17+,18?,19+,22-/m1/s1. The predicted molar refractivity (Wildman–Crippen MR) is 112 cm³/mol. The Hall–Kier alpha value is -3.71. The highest BCUT2D eigenvalue weighted by atomic mass is 16.7. The lowest BCUT2D eigenvalue weighted by Gasteiger charge is -2.43. The Morgan fingerprint density at radius 2 is 1.43 bits per heavy atom. The lowest BCUT2D eigenvalue weighted by Crippen LogP contribution is -2.64. The van der Waals surface area contributed by atoms with Gasteiger partial charge in [-0.05, 0) is 17.7 Å². The maximum absolute atomic E-state index is 12.5. The molecule has 1 aromatic carbocycles. The van der Waals surface area contributed by atoms with Crippen LogP contribution in [-0.4, -0.2) is 79.9 Å². The quantitative estimate of drug-likeness (QED) is 0.377. The summed E-state index contributed by atoms with van der Waals surface area (Å²) >= 11 is 0. The van der Waals surface area contributed by atoms with Crippen LogP contribution in [0.15, 0.2) is 18.2 Å². The van der Waals surface area contributed by atoms with Gasteiger partial charge in [-0.3, -0.25) is 14.4 Å². The Kier molecular flexibility index (Phi) is 9.54. The van der Waals surface area contributed by atoms with E-state index < -0.39 is 60.6 Å². The molecule has 0 amide bonds. The van der Waals surface area contributed by atoms with Gasteiger partial charge in [0.25, 0.3) is 0 Å². The average molecular weight is 498 g/mol. The molecule has 0 saturated carbocycles. The number of carbonyl (C=O) groups is 5. The molecule has 1 aliphatic heterocycles. The minimum Gasteiger partial charge on any atom is -0.467 e. The second-order valence-corrected chi connectivity index (χ2v) is 7.27.